The van der Waals surface area contributed by atoms with Crippen molar-refractivity contribution >= 4 is 0 Å². The van der Waals surface area contributed by atoms with Crippen molar-refractivity contribution in [2.75, 3.05) is 0 Å². The van der Waals surface area contributed by atoms with Gasteiger partial charge >= 0.3 is 0 Å². The van der Waals surface area contributed by atoms with Gasteiger partial charge in [0, 0.05) is 5.54 Å². The average Bonchev–Trinajstić information content (AvgIpc) is 2.58. The van der Waals surface area contributed by atoms with Crippen molar-refractivity contribution in [3.63, 3.8) is 0 Å². The zero-order valence-electron chi connectivity index (χ0n) is 7.76. The van der Waals surface area contributed by atoms with E-state index in [2.05, 4.69) is 12.2 Å². The number of allylic oxidation sites excluding steroid dienone is 1. The van der Waals surface area contributed by atoms with E-state index in [1.165, 1.54) is 44.9 Å². The third-order valence-electron chi connectivity index (χ3n) is 3.52. The molecule has 0 aliphatic heterocycles. The molecule has 0 heterocycles. The summed E-state index contributed by atoms with van der Waals surface area (Å²) in [5.74, 6) is 0.786. The molecule has 2 rings (SSSR count). The van der Waals surface area contributed by atoms with Crippen LogP contribution in [-0.4, -0.2) is 5.54 Å². The first-order valence-electron chi connectivity index (χ1n) is 5.28. The molecule has 0 aromatic rings. The average molecular weight is 165 g/mol. The highest BCUT2D eigenvalue weighted by Gasteiger charge is 2.34. The summed E-state index contributed by atoms with van der Waals surface area (Å²) in [7, 11) is 0. The lowest BCUT2D eigenvalue weighted by atomic mass is 9.77. The number of nitrogens with two attached hydrogens (primary N) is 1. The summed E-state index contributed by atoms with van der Waals surface area (Å²) in [5.41, 5.74) is 6.46. The lowest BCUT2D eigenvalue weighted by Crippen LogP contribution is -2.45. The van der Waals surface area contributed by atoms with Gasteiger partial charge in [-0.05, 0) is 38.0 Å². The van der Waals surface area contributed by atoms with E-state index in [0.29, 0.717) is 0 Å². The topological polar surface area (TPSA) is 26.0 Å². The molecule has 2 aliphatic carbocycles. The molecule has 0 saturated heterocycles. The van der Waals surface area contributed by atoms with Gasteiger partial charge in [0.25, 0.3) is 0 Å². The number of rotatable bonds is 1. The third-order valence-corrected chi connectivity index (χ3v) is 3.52. The van der Waals surface area contributed by atoms with Crippen LogP contribution in [0.4, 0.5) is 0 Å². The molecule has 1 fully saturated rings. The van der Waals surface area contributed by atoms with Crippen LogP contribution in [0.25, 0.3) is 0 Å². The van der Waals surface area contributed by atoms with Gasteiger partial charge in [0.05, 0.1) is 0 Å². The van der Waals surface area contributed by atoms with Gasteiger partial charge in [0.1, 0.15) is 0 Å². The molecule has 1 atom stereocenters. The minimum atomic E-state index is 0.0781. The van der Waals surface area contributed by atoms with Gasteiger partial charge in [-0.1, -0.05) is 25.0 Å². The summed E-state index contributed by atoms with van der Waals surface area (Å²) in [6.07, 6.45) is 13.8. The molecule has 1 unspecified atom stereocenters. The maximum Gasteiger partial charge on any atom is 0.0367 e. The van der Waals surface area contributed by atoms with Crippen molar-refractivity contribution in [1.82, 2.24) is 0 Å². The zero-order chi connectivity index (χ0) is 8.44. The minimum absolute atomic E-state index is 0.0781. The van der Waals surface area contributed by atoms with Crippen LogP contribution in [0.5, 0.6) is 0 Å². The van der Waals surface area contributed by atoms with Crippen molar-refractivity contribution < 1.29 is 0 Å². The van der Waals surface area contributed by atoms with Gasteiger partial charge in [-0.3, -0.25) is 0 Å². The van der Waals surface area contributed by atoms with Crippen LogP contribution in [0.1, 0.15) is 44.9 Å². The fourth-order valence-corrected chi connectivity index (χ4v) is 2.72. The Morgan fingerprint density at radius 2 is 1.92 bits per heavy atom. The largest absolute Gasteiger partial charge is 0.322 e. The normalized spacial score (nSPS) is 37.4. The Labute approximate surface area is 75.0 Å². The smallest absolute Gasteiger partial charge is 0.0367 e. The predicted octanol–water partition coefficient (Wildman–Crippen LogP) is 2.61. The molecule has 0 amide bonds. The summed E-state index contributed by atoms with van der Waals surface area (Å²) in [6, 6.07) is 0. The van der Waals surface area contributed by atoms with Crippen LogP contribution in [0.15, 0.2) is 12.2 Å². The summed E-state index contributed by atoms with van der Waals surface area (Å²) in [5, 5.41) is 0. The highest BCUT2D eigenvalue weighted by atomic mass is 14.8. The SMILES string of the molecule is NC1(C2CCCC2)C=CCCC1. The fraction of sp³-hybridized carbons (Fsp3) is 0.818. The van der Waals surface area contributed by atoms with E-state index in [4.69, 9.17) is 5.73 Å². The van der Waals surface area contributed by atoms with Crippen LogP contribution in [0.2, 0.25) is 0 Å². The van der Waals surface area contributed by atoms with Gasteiger partial charge in [0.15, 0.2) is 0 Å². The third kappa shape index (κ3) is 1.42. The van der Waals surface area contributed by atoms with E-state index in [9.17, 15) is 0 Å². The van der Waals surface area contributed by atoms with E-state index >= 15 is 0 Å². The number of hydrogen-bond donors (Lipinski definition) is 1. The molecule has 0 aromatic carbocycles. The molecule has 0 bridgehead atoms. The van der Waals surface area contributed by atoms with E-state index in [1.807, 2.05) is 0 Å². The molecular weight excluding hydrogens is 146 g/mol. The Morgan fingerprint density at radius 1 is 1.17 bits per heavy atom. The summed E-state index contributed by atoms with van der Waals surface area (Å²) in [4.78, 5) is 0. The second-order valence-electron chi connectivity index (χ2n) is 4.39. The van der Waals surface area contributed by atoms with Gasteiger partial charge in [-0.15, -0.1) is 0 Å². The zero-order valence-corrected chi connectivity index (χ0v) is 7.76. The molecule has 0 aromatic heterocycles. The molecule has 0 spiro atoms. The maximum atomic E-state index is 6.38. The lowest BCUT2D eigenvalue weighted by molar-refractivity contribution is 0.304. The van der Waals surface area contributed by atoms with Gasteiger partial charge in [0.2, 0.25) is 0 Å². The lowest BCUT2D eigenvalue weighted by Gasteiger charge is -2.34. The van der Waals surface area contributed by atoms with E-state index in [-0.39, 0.29) is 5.54 Å². The predicted molar refractivity (Wildman–Crippen MR) is 51.9 cm³/mol. The Bertz CT molecular complexity index is 179. The molecule has 0 radical (unpaired) electrons. The molecule has 1 nitrogen and oxygen atoms in total. The van der Waals surface area contributed by atoms with Crippen LogP contribution in [0.3, 0.4) is 0 Å². The van der Waals surface area contributed by atoms with Gasteiger partial charge < -0.3 is 5.73 Å². The quantitative estimate of drug-likeness (QED) is 0.594. The van der Waals surface area contributed by atoms with Gasteiger partial charge in [-0.25, -0.2) is 0 Å². The molecule has 1 saturated carbocycles. The van der Waals surface area contributed by atoms with E-state index in [1.54, 1.807) is 0 Å². The maximum absolute atomic E-state index is 6.38. The Hall–Kier alpha value is -0.300. The van der Waals surface area contributed by atoms with Crippen LogP contribution >= 0.6 is 0 Å². The summed E-state index contributed by atoms with van der Waals surface area (Å²) in [6.45, 7) is 0. The van der Waals surface area contributed by atoms with E-state index < -0.39 is 0 Å². The molecule has 68 valence electrons. The summed E-state index contributed by atoms with van der Waals surface area (Å²) < 4.78 is 0. The highest BCUT2D eigenvalue weighted by molar-refractivity contribution is 5.11. The Kier molecular flexibility index (Phi) is 2.22. The van der Waals surface area contributed by atoms with Crippen LogP contribution in [0, 0.1) is 5.92 Å². The fourth-order valence-electron chi connectivity index (χ4n) is 2.72. The van der Waals surface area contributed by atoms with Crippen molar-refractivity contribution in [3.8, 4) is 0 Å². The minimum Gasteiger partial charge on any atom is -0.322 e. The van der Waals surface area contributed by atoms with Crippen molar-refractivity contribution in [1.29, 1.82) is 0 Å². The Balaban J connectivity index is 2.07. The molecule has 12 heavy (non-hydrogen) atoms. The highest BCUT2D eigenvalue weighted by Crippen LogP contribution is 2.37. The monoisotopic (exact) mass is 165 g/mol. The second kappa shape index (κ2) is 3.21. The first-order valence-corrected chi connectivity index (χ1v) is 5.28. The molecular formula is C11H19N. The summed E-state index contributed by atoms with van der Waals surface area (Å²) >= 11 is 0. The molecule has 2 aliphatic rings. The van der Waals surface area contributed by atoms with Crippen molar-refractivity contribution in [2.45, 2.75) is 50.5 Å². The van der Waals surface area contributed by atoms with E-state index in [0.717, 1.165) is 5.92 Å². The van der Waals surface area contributed by atoms with Crippen LogP contribution < -0.4 is 5.73 Å². The standard InChI is InChI=1S/C11H19N/c12-11(8-4-1-5-9-11)10-6-2-3-7-10/h4,8,10H,1-3,5-7,9,12H2. The molecule has 1 heteroatoms. The second-order valence-corrected chi connectivity index (χ2v) is 4.39. The number of hydrogen-bond acceptors (Lipinski definition) is 1. The first-order chi connectivity index (χ1) is 5.81. The van der Waals surface area contributed by atoms with Gasteiger partial charge in [-0.2, -0.15) is 0 Å². The molecule has 2 N–H and O–H groups in total. The van der Waals surface area contributed by atoms with Crippen molar-refractivity contribution in [3.05, 3.63) is 12.2 Å². The first kappa shape index (κ1) is 8.31. The van der Waals surface area contributed by atoms with Crippen molar-refractivity contribution in [2.24, 2.45) is 11.7 Å². The Morgan fingerprint density at radius 3 is 2.50 bits per heavy atom. The van der Waals surface area contributed by atoms with Crippen LogP contribution in [-0.2, 0) is 0 Å².